The van der Waals surface area contributed by atoms with Crippen molar-refractivity contribution in [3.05, 3.63) is 194 Å². The average Bonchev–Trinajstić information content (AvgIpc) is 3.83. The highest BCUT2D eigenvalue weighted by molar-refractivity contribution is 6.20. The molecule has 0 spiro atoms. The molecule has 0 N–H and O–H groups in total. The highest BCUT2D eigenvalue weighted by atomic mass is 16.3. The number of nitrogens with zero attached hydrogens (tertiary/aromatic N) is 4. The van der Waals surface area contributed by atoms with Crippen LogP contribution in [0.4, 0.5) is 0 Å². The van der Waals surface area contributed by atoms with Crippen molar-refractivity contribution in [3.8, 4) is 51.0 Å². The second-order valence-electron chi connectivity index (χ2n) is 14.8. The summed E-state index contributed by atoms with van der Waals surface area (Å²) in [5.74, 6) is 1.82. The topological polar surface area (TPSA) is 56.7 Å². The molecule has 0 atom stereocenters. The van der Waals surface area contributed by atoms with Gasteiger partial charge in [0.1, 0.15) is 11.2 Å². The lowest BCUT2D eigenvalue weighted by Crippen LogP contribution is -2.00. The van der Waals surface area contributed by atoms with Crippen LogP contribution in [0, 0.1) is 0 Å². The molecular weight excluding hydrogens is 709 g/mol. The predicted octanol–water partition coefficient (Wildman–Crippen LogP) is 13.8. The van der Waals surface area contributed by atoms with Crippen molar-refractivity contribution in [3.63, 3.8) is 0 Å². The fraction of sp³-hybridized carbons (Fsp3) is 0. The molecule has 0 bridgehead atoms. The number of benzene rings is 9. The first kappa shape index (κ1) is 32.4. The van der Waals surface area contributed by atoms with Crippen molar-refractivity contribution in [1.29, 1.82) is 0 Å². The Hall–Kier alpha value is -7.89. The Morgan fingerprint density at radius 3 is 1.78 bits per heavy atom. The van der Waals surface area contributed by atoms with E-state index in [0.717, 1.165) is 66.2 Å². The number of furan rings is 1. The maximum Gasteiger partial charge on any atom is 0.164 e. The maximum atomic E-state index is 6.66. The third-order valence-electron chi connectivity index (χ3n) is 11.4. The van der Waals surface area contributed by atoms with E-state index >= 15 is 0 Å². The molecule has 5 heteroatoms. The molecule has 9 aromatic carbocycles. The molecule has 12 aromatic rings. The zero-order valence-electron chi connectivity index (χ0n) is 31.2. The summed E-state index contributed by atoms with van der Waals surface area (Å²) in [6.45, 7) is 0. The van der Waals surface area contributed by atoms with Gasteiger partial charge in [-0.15, -0.1) is 0 Å². The number of rotatable bonds is 5. The van der Waals surface area contributed by atoms with E-state index in [2.05, 4.69) is 162 Å². The summed E-state index contributed by atoms with van der Waals surface area (Å²) in [7, 11) is 0. The average molecular weight is 741 g/mol. The lowest BCUT2D eigenvalue weighted by atomic mass is 10.0. The normalized spacial score (nSPS) is 11.8. The van der Waals surface area contributed by atoms with E-state index in [0.29, 0.717) is 17.5 Å². The minimum absolute atomic E-state index is 0.586. The van der Waals surface area contributed by atoms with Gasteiger partial charge >= 0.3 is 0 Å². The quantitative estimate of drug-likeness (QED) is 0.176. The Morgan fingerprint density at radius 2 is 0.966 bits per heavy atom. The van der Waals surface area contributed by atoms with Gasteiger partial charge in [0.25, 0.3) is 0 Å². The van der Waals surface area contributed by atoms with Crippen molar-refractivity contribution in [2.24, 2.45) is 0 Å². The minimum atomic E-state index is 0.586. The van der Waals surface area contributed by atoms with E-state index in [1.807, 2.05) is 36.4 Å². The van der Waals surface area contributed by atoms with Crippen LogP contribution in [0.3, 0.4) is 0 Å². The van der Waals surface area contributed by atoms with Gasteiger partial charge in [-0.05, 0) is 87.3 Å². The smallest absolute Gasteiger partial charge is 0.164 e. The van der Waals surface area contributed by atoms with Crippen LogP contribution in [-0.2, 0) is 0 Å². The molecule has 0 fully saturated rings. The zero-order chi connectivity index (χ0) is 38.2. The van der Waals surface area contributed by atoms with Crippen LogP contribution < -0.4 is 0 Å². The summed E-state index contributed by atoms with van der Waals surface area (Å²) < 4.78 is 9.06. The third-order valence-corrected chi connectivity index (χ3v) is 11.4. The minimum Gasteiger partial charge on any atom is -0.456 e. The van der Waals surface area contributed by atoms with Gasteiger partial charge in [0.15, 0.2) is 17.5 Å². The summed E-state index contributed by atoms with van der Waals surface area (Å²) in [6.07, 6.45) is 0. The summed E-state index contributed by atoms with van der Waals surface area (Å²) in [4.78, 5) is 15.1. The molecule has 0 saturated heterocycles. The second kappa shape index (κ2) is 12.8. The Kier molecular flexibility index (Phi) is 7.16. The Bertz CT molecular complexity index is 3570. The van der Waals surface area contributed by atoms with Crippen molar-refractivity contribution in [2.45, 2.75) is 0 Å². The molecule has 0 radical (unpaired) electrons. The summed E-state index contributed by atoms with van der Waals surface area (Å²) in [5, 5.41) is 9.37. The molecule has 0 aliphatic carbocycles. The van der Waals surface area contributed by atoms with Crippen LogP contribution in [0.5, 0.6) is 0 Å². The number of para-hydroxylation sites is 1. The molecular formula is C53H32N4O. The first-order chi connectivity index (χ1) is 28.7. The predicted molar refractivity (Wildman–Crippen MR) is 238 cm³/mol. The van der Waals surface area contributed by atoms with E-state index < -0.39 is 0 Å². The van der Waals surface area contributed by atoms with Gasteiger partial charge in [0.05, 0.1) is 11.0 Å². The standard InChI is InChI=1S/C53H32N4O/c1-3-12-33(13-4-1)36-18-11-19-39(28-36)52-54-51(35-14-5-2-6-15-35)55-53(56-52)40-23-26-43-49(31-40)58-48-27-24-34-22-25-41(32-44(34)50(43)48)57-46-21-10-9-20-42(46)45-29-37-16-7-8-17-38(37)30-47(45)57/h1-32H. The Morgan fingerprint density at radius 1 is 0.328 bits per heavy atom. The summed E-state index contributed by atoms with van der Waals surface area (Å²) in [5.41, 5.74) is 10.0. The highest BCUT2D eigenvalue weighted by Crippen LogP contribution is 2.40. The van der Waals surface area contributed by atoms with Gasteiger partial charge in [-0.2, -0.15) is 0 Å². The van der Waals surface area contributed by atoms with E-state index in [9.17, 15) is 0 Å². The van der Waals surface area contributed by atoms with Gasteiger partial charge in [-0.25, -0.2) is 15.0 Å². The lowest BCUT2D eigenvalue weighted by Gasteiger charge is -2.11. The van der Waals surface area contributed by atoms with Crippen molar-refractivity contribution < 1.29 is 4.42 Å². The highest BCUT2D eigenvalue weighted by Gasteiger charge is 2.18. The van der Waals surface area contributed by atoms with Crippen LogP contribution in [0.1, 0.15) is 0 Å². The van der Waals surface area contributed by atoms with Gasteiger partial charge in [-0.1, -0.05) is 140 Å². The molecule has 270 valence electrons. The zero-order valence-corrected chi connectivity index (χ0v) is 31.2. The van der Waals surface area contributed by atoms with E-state index in [-0.39, 0.29) is 0 Å². The summed E-state index contributed by atoms with van der Waals surface area (Å²) >= 11 is 0. The van der Waals surface area contributed by atoms with Crippen LogP contribution in [0.15, 0.2) is 199 Å². The molecule has 0 saturated carbocycles. The molecule has 12 rings (SSSR count). The number of hydrogen-bond donors (Lipinski definition) is 0. The first-order valence-corrected chi connectivity index (χ1v) is 19.5. The van der Waals surface area contributed by atoms with Crippen LogP contribution >= 0.6 is 0 Å². The SMILES string of the molecule is c1ccc(-c2cccc(-c3nc(-c4ccccc4)nc(-c4ccc5c(c4)oc4ccc6ccc(-n7c8ccccc8c8cc9ccccc9cc87)cc6c45)n3)c2)cc1. The third kappa shape index (κ3) is 5.21. The van der Waals surface area contributed by atoms with E-state index in [1.165, 1.54) is 32.6 Å². The van der Waals surface area contributed by atoms with Crippen LogP contribution in [0.25, 0.3) is 116 Å². The van der Waals surface area contributed by atoms with Crippen LogP contribution in [0.2, 0.25) is 0 Å². The molecule has 3 aromatic heterocycles. The van der Waals surface area contributed by atoms with Crippen molar-refractivity contribution in [1.82, 2.24) is 19.5 Å². The fourth-order valence-corrected chi connectivity index (χ4v) is 8.61. The molecule has 58 heavy (non-hydrogen) atoms. The van der Waals surface area contributed by atoms with Crippen molar-refractivity contribution in [2.75, 3.05) is 0 Å². The van der Waals surface area contributed by atoms with Gasteiger partial charge in [0.2, 0.25) is 0 Å². The Balaban J connectivity index is 1.02. The number of aromatic nitrogens is 4. The van der Waals surface area contributed by atoms with E-state index in [4.69, 9.17) is 19.4 Å². The van der Waals surface area contributed by atoms with Gasteiger partial charge < -0.3 is 8.98 Å². The molecule has 0 aliphatic rings. The molecule has 0 amide bonds. The largest absolute Gasteiger partial charge is 0.456 e. The molecule has 0 unspecified atom stereocenters. The monoisotopic (exact) mass is 740 g/mol. The lowest BCUT2D eigenvalue weighted by molar-refractivity contribution is 0.669. The maximum absolute atomic E-state index is 6.66. The number of hydrogen-bond acceptors (Lipinski definition) is 4. The van der Waals surface area contributed by atoms with Gasteiger partial charge in [-0.3, -0.25) is 0 Å². The second-order valence-corrected chi connectivity index (χ2v) is 14.8. The van der Waals surface area contributed by atoms with Gasteiger partial charge in [0, 0.05) is 43.9 Å². The summed E-state index contributed by atoms with van der Waals surface area (Å²) in [6, 6.07) is 68.1. The molecule has 3 heterocycles. The number of fused-ring (bicyclic) bond motifs is 9. The fourth-order valence-electron chi connectivity index (χ4n) is 8.61. The molecule has 0 aliphatic heterocycles. The first-order valence-electron chi connectivity index (χ1n) is 19.5. The van der Waals surface area contributed by atoms with E-state index in [1.54, 1.807) is 0 Å². The van der Waals surface area contributed by atoms with Crippen LogP contribution in [-0.4, -0.2) is 19.5 Å². The Labute approximate surface area is 333 Å². The van der Waals surface area contributed by atoms with Crippen molar-refractivity contribution >= 4 is 65.3 Å². The molecule has 5 nitrogen and oxygen atoms in total.